The van der Waals surface area contributed by atoms with Gasteiger partial charge in [0.05, 0.1) is 11.6 Å². The number of nitrogen functional groups attached to an aromatic ring is 1. The first kappa shape index (κ1) is 13.2. The van der Waals surface area contributed by atoms with Crippen molar-refractivity contribution >= 4 is 22.3 Å². The number of ether oxygens (including phenoxy) is 1. The Bertz CT molecular complexity index is 606. The quantitative estimate of drug-likeness (QED) is 0.839. The fraction of sp³-hybridized carbons (Fsp3) is 0.438. The van der Waals surface area contributed by atoms with Gasteiger partial charge in [-0.25, -0.2) is 0 Å². The molecule has 2 heterocycles. The molecule has 106 valence electrons. The molecule has 0 bridgehead atoms. The third-order valence-corrected chi connectivity index (χ3v) is 3.77. The number of fused-ring (bicyclic) bond motifs is 1. The van der Waals surface area contributed by atoms with Crippen LogP contribution in [0.1, 0.15) is 25.0 Å². The second kappa shape index (κ2) is 5.67. The van der Waals surface area contributed by atoms with E-state index in [-0.39, 0.29) is 0 Å². The van der Waals surface area contributed by atoms with E-state index >= 15 is 0 Å². The molecule has 20 heavy (non-hydrogen) atoms. The molecule has 1 atom stereocenters. The molecule has 0 amide bonds. The van der Waals surface area contributed by atoms with E-state index in [4.69, 9.17) is 10.5 Å². The first-order chi connectivity index (χ1) is 9.72. The van der Waals surface area contributed by atoms with Crippen molar-refractivity contribution in [2.75, 3.05) is 24.2 Å². The highest BCUT2D eigenvalue weighted by Crippen LogP contribution is 2.25. The van der Waals surface area contributed by atoms with Crippen molar-refractivity contribution < 1.29 is 4.74 Å². The molecule has 3 N–H and O–H groups in total. The highest BCUT2D eigenvalue weighted by molar-refractivity contribution is 5.93. The SMILES string of the molecule is Cc1cc(NCCC2CCCO2)c2cc(N)ccc2n1. The van der Waals surface area contributed by atoms with Gasteiger partial charge >= 0.3 is 0 Å². The standard InChI is InChI=1S/C16H21N3O/c1-11-9-16(18-7-6-13-3-2-8-20-13)14-10-12(17)4-5-15(14)19-11/h4-5,9-10,13H,2-3,6-8,17H2,1H3,(H,18,19). The number of nitrogens with zero attached hydrogens (tertiary/aromatic N) is 1. The van der Waals surface area contributed by atoms with E-state index in [1.54, 1.807) is 0 Å². The van der Waals surface area contributed by atoms with Crippen LogP contribution >= 0.6 is 0 Å². The average molecular weight is 271 g/mol. The lowest BCUT2D eigenvalue weighted by Crippen LogP contribution is -2.12. The van der Waals surface area contributed by atoms with E-state index in [0.717, 1.165) is 47.5 Å². The molecule has 1 aliphatic rings. The van der Waals surface area contributed by atoms with Gasteiger partial charge in [-0.2, -0.15) is 0 Å². The maximum Gasteiger partial charge on any atom is 0.0727 e. The molecule has 1 aliphatic heterocycles. The Morgan fingerprint density at radius 1 is 1.40 bits per heavy atom. The van der Waals surface area contributed by atoms with Crippen LogP contribution in [0.5, 0.6) is 0 Å². The summed E-state index contributed by atoms with van der Waals surface area (Å²) >= 11 is 0. The van der Waals surface area contributed by atoms with Crippen molar-refractivity contribution in [2.45, 2.75) is 32.3 Å². The molecular formula is C16H21N3O. The molecule has 1 fully saturated rings. The molecular weight excluding hydrogens is 250 g/mol. The molecule has 3 rings (SSSR count). The monoisotopic (exact) mass is 271 g/mol. The van der Waals surface area contributed by atoms with Crippen LogP contribution in [0, 0.1) is 6.92 Å². The summed E-state index contributed by atoms with van der Waals surface area (Å²) in [6.07, 6.45) is 3.84. The predicted molar refractivity (Wildman–Crippen MR) is 83.0 cm³/mol. The number of nitrogens with two attached hydrogens (primary N) is 1. The van der Waals surface area contributed by atoms with Crippen molar-refractivity contribution in [3.8, 4) is 0 Å². The molecule has 1 unspecified atom stereocenters. The minimum absolute atomic E-state index is 0.418. The summed E-state index contributed by atoms with van der Waals surface area (Å²) in [6.45, 7) is 3.84. The number of benzene rings is 1. The zero-order valence-electron chi connectivity index (χ0n) is 11.9. The summed E-state index contributed by atoms with van der Waals surface area (Å²) < 4.78 is 5.65. The van der Waals surface area contributed by atoms with Crippen molar-refractivity contribution in [3.63, 3.8) is 0 Å². The van der Waals surface area contributed by atoms with Crippen molar-refractivity contribution in [3.05, 3.63) is 30.0 Å². The van der Waals surface area contributed by atoms with Crippen LogP contribution < -0.4 is 11.1 Å². The first-order valence-corrected chi connectivity index (χ1v) is 7.25. The number of aryl methyl sites for hydroxylation is 1. The fourth-order valence-corrected chi connectivity index (χ4v) is 2.76. The Morgan fingerprint density at radius 2 is 2.30 bits per heavy atom. The highest BCUT2D eigenvalue weighted by Gasteiger charge is 2.14. The minimum Gasteiger partial charge on any atom is -0.399 e. The summed E-state index contributed by atoms with van der Waals surface area (Å²) in [5.74, 6) is 0. The topological polar surface area (TPSA) is 60.2 Å². The van der Waals surface area contributed by atoms with Crippen LogP contribution in [0.25, 0.3) is 10.9 Å². The first-order valence-electron chi connectivity index (χ1n) is 7.25. The third kappa shape index (κ3) is 2.85. The number of pyridine rings is 1. The van der Waals surface area contributed by atoms with Crippen molar-refractivity contribution in [2.24, 2.45) is 0 Å². The number of hydrogen-bond donors (Lipinski definition) is 2. The van der Waals surface area contributed by atoms with Gasteiger partial charge in [0.15, 0.2) is 0 Å². The van der Waals surface area contributed by atoms with Crippen LogP contribution in [-0.4, -0.2) is 24.2 Å². The number of anilines is 2. The lowest BCUT2D eigenvalue weighted by molar-refractivity contribution is 0.107. The van der Waals surface area contributed by atoms with Gasteiger partial charge in [0, 0.05) is 35.6 Å². The minimum atomic E-state index is 0.418. The van der Waals surface area contributed by atoms with Gasteiger partial charge in [0.2, 0.25) is 0 Å². The van der Waals surface area contributed by atoms with Gasteiger partial charge in [-0.05, 0) is 50.5 Å². The van der Waals surface area contributed by atoms with Gasteiger partial charge in [0.25, 0.3) is 0 Å². The smallest absolute Gasteiger partial charge is 0.0727 e. The van der Waals surface area contributed by atoms with Crippen LogP contribution in [0.15, 0.2) is 24.3 Å². The Labute approximate surface area is 119 Å². The number of aromatic nitrogens is 1. The molecule has 4 nitrogen and oxygen atoms in total. The van der Waals surface area contributed by atoms with Gasteiger partial charge in [-0.3, -0.25) is 4.98 Å². The summed E-state index contributed by atoms with van der Waals surface area (Å²) in [5, 5.41) is 4.59. The van der Waals surface area contributed by atoms with E-state index in [1.807, 2.05) is 25.1 Å². The molecule has 1 saturated heterocycles. The summed E-state index contributed by atoms with van der Waals surface area (Å²) in [5.41, 5.74) is 9.76. The average Bonchev–Trinajstić information content (AvgIpc) is 2.92. The maximum atomic E-state index is 5.88. The van der Waals surface area contributed by atoms with Crippen LogP contribution in [0.2, 0.25) is 0 Å². The molecule has 0 radical (unpaired) electrons. The predicted octanol–water partition coefficient (Wildman–Crippen LogP) is 3.11. The fourth-order valence-electron chi connectivity index (χ4n) is 2.76. The molecule has 1 aromatic heterocycles. The summed E-state index contributed by atoms with van der Waals surface area (Å²) in [7, 11) is 0. The lowest BCUT2D eigenvalue weighted by atomic mass is 10.1. The van der Waals surface area contributed by atoms with Crippen LogP contribution in [0.4, 0.5) is 11.4 Å². The van der Waals surface area contributed by atoms with Gasteiger partial charge in [-0.15, -0.1) is 0 Å². The van der Waals surface area contributed by atoms with Gasteiger partial charge in [0.1, 0.15) is 0 Å². The second-order valence-corrected chi connectivity index (χ2v) is 5.44. The third-order valence-electron chi connectivity index (χ3n) is 3.77. The number of nitrogens with one attached hydrogen (secondary N) is 1. The van der Waals surface area contributed by atoms with Crippen LogP contribution in [-0.2, 0) is 4.74 Å². The Balaban J connectivity index is 1.77. The van der Waals surface area contributed by atoms with Gasteiger partial charge < -0.3 is 15.8 Å². The molecule has 0 aliphatic carbocycles. The zero-order chi connectivity index (χ0) is 13.9. The van der Waals surface area contributed by atoms with E-state index in [2.05, 4.69) is 16.4 Å². The Hall–Kier alpha value is -1.81. The highest BCUT2D eigenvalue weighted by atomic mass is 16.5. The van der Waals surface area contributed by atoms with Crippen LogP contribution in [0.3, 0.4) is 0 Å². The maximum absolute atomic E-state index is 5.88. The molecule has 1 aromatic carbocycles. The number of rotatable bonds is 4. The normalized spacial score (nSPS) is 18.6. The summed E-state index contributed by atoms with van der Waals surface area (Å²) in [4.78, 5) is 4.54. The Kier molecular flexibility index (Phi) is 3.74. The van der Waals surface area contributed by atoms with E-state index in [0.29, 0.717) is 6.10 Å². The van der Waals surface area contributed by atoms with Crippen molar-refractivity contribution in [1.29, 1.82) is 0 Å². The molecule has 0 spiro atoms. The van der Waals surface area contributed by atoms with E-state index < -0.39 is 0 Å². The van der Waals surface area contributed by atoms with E-state index in [9.17, 15) is 0 Å². The molecule has 4 heteroatoms. The largest absolute Gasteiger partial charge is 0.399 e. The van der Waals surface area contributed by atoms with E-state index in [1.165, 1.54) is 12.8 Å². The zero-order valence-corrected chi connectivity index (χ0v) is 11.9. The number of hydrogen-bond acceptors (Lipinski definition) is 4. The second-order valence-electron chi connectivity index (χ2n) is 5.44. The lowest BCUT2D eigenvalue weighted by Gasteiger charge is -2.13. The van der Waals surface area contributed by atoms with Crippen molar-refractivity contribution in [1.82, 2.24) is 4.98 Å². The molecule has 2 aromatic rings. The summed E-state index contributed by atoms with van der Waals surface area (Å²) in [6, 6.07) is 7.93. The molecule has 0 saturated carbocycles. The Morgan fingerprint density at radius 3 is 3.10 bits per heavy atom. The van der Waals surface area contributed by atoms with Gasteiger partial charge in [-0.1, -0.05) is 0 Å².